The molecule has 0 bridgehead atoms. The van der Waals surface area contributed by atoms with E-state index in [0.29, 0.717) is 5.56 Å². The van der Waals surface area contributed by atoms with Gasteiger partial charge in [-0.25, -0.2) is 0 Å². The molecule has 1 amide bonds. The minimum atomic E-state index is -0.0263. The van der Waals surface area contributed by atoms with Crippen LogP contribution in [0.2, 0.25) is 0 Å². The second kappa shape index (κ2) is 7.48. The van der Waals surface area contributed by atoms with Crippen LogP contribution in [-0.2, 0) is 4.79 Å². The lowest BCUT2D eigenvalue weighted by molar-refractivity contribution is -0.124. The number of likely N-dealkylation sites (N-methyl/N-ethyl adjacent to an activating group) is 1. The van der Waals surface area contributed by atoms with Crippen LogP contribution in [0.25, 0.3) is 0 Å². The zero-order valence-electron chi connectivity index (χ0n) is 12.6. The fraction of sp³-hybridized carbons (Fsp3) is 0.500. The highest BCUT2D eigenvalue weighted by molar-refractivity contribution is 7.98. The molecule has 0 saturated carbocycles. The van der Waals surface area contributed by atoms with Crippen molar-refractivity contribution in [2.45, 2.75) is 18.9 Å². The standard InChI is InChI=1S/C16H21N3OS/c1-18(10-11-21-2)15-4-3-9-19(16(15)20)14-7-5-13(12-17)6-8-14/h5-8,15H,3-4,9-11H2,1-2H3/t15-/m0/s1. The third kappa shape index (κ3) is 3.78. The molecule has 0 unspecified atom stereocenters. The van der Waals surface area contributed by atoms with Gasteiger partial charge >= 0.3 is 0 Å². The maximum absolute atomic E-state index is 12.7. The molecule has 1 heterocycles. The lowest BCUT2D eigenvalue weighted by Crippen LogP contribution is -2.51. The highest BCUT2D eigenvalue weighted by Crippen LogP contribution is 2.23. The first-order chi connectivity index (χ1) is 10.2. The molecule has 21 heavy (non-hydrogen) atoms. The molecular formula is C16H21N3OS. The predicted molar refractivity (Wildman–Crippen MR) is 87.5 cm³/mol. The lowest BCUT2D eigenvalue weighted by atomic mass is 10.0. The molecule has 4 nitrogen and oxygen atoms in total. The van der Waals surface area contributed by atoms with Crippen LogP contribution in [0, 0.1) is 11.3 Å². The number of thioether (sulfide) groups is 1. The number of piperidine rings is 1. The maximum Gasteiger partial charge on any atom is 0.244 e. The maximum atomic E-state index is 12.7. The molecule has 1 atom stereocenters. The molecule has 2 rings (SSSR count). The van der Waals surface area contributed by atoms with Crippen molar-refractivity contribution in [1.29, 1.82) is 5.26 Å². The Balaban J connectivity index is 2.10. The van der Waals surface area contributed by atoms with E-state index in [1.807, 2.05) is 24.1 Å². The van der Waals surface area contributed by atoms with Crippen molar-refractivity contribution < 1.29 is 4.79 Å². The van der Waals surface area contributed by atoms with Crippen LogP contribution < -0.4 is 4.90 Å². The zero-order chi connectivity index (χ0) is 15.2. The molecule has 1 saturated heterocycles. The zero-order valence-corrected chi connectivity index (χ0v) is 13.4. The molecule has 1 fully saturated rings. The molecule has 5 heteroatoms. The van der Waals surface area contributed by atoms with Gasteiger partial charge in [-0.15, -0.1) is 0 Å². The number of anilines is 1. The number of carbonyl (C=O) groups excluding carboxylic acids is 1. The lowest BCUT2D eigenvalue weighted by Gasteiger charge is -2.36. The van der Waals surface area contributed by atoms with Gasteiger partial charge in [0.1, 0.15) is 0 Å². The van der Waals surface area contributed by atoms with E-state index in [1.54, 1.807) is 23.9 Å². The number of benzene rings is 1. The summed E-state index contributed by atoms with van der Waals surface area (Å²) in [6.45, 7) is 1.69. The van der Waals surface area contributed by atoms with Gasteiger partial charge in [-0.1, -0.05) is 0 Å². The molecule has 112 valence electrons. The van der Waals surface area contributed by atoms with E-state index in [2.05, 4.69) is 17.2 Å². The van der Waals surface area contributed by atoms with Crippen molar-refractivity contribution in [2.75, 3.05) is 37.0 Å². The van der Waals surface area contributed by atoms with Gasteiger partial charge in [0.15, 0.2) is 0 Å². The average molecular weight is 303 g/mol. The monoisotopic (exact) mass is 303 g/mol. The van der Waals surface area contributed by atoms with Gasteiger partial charge in [-0.2, -0.15) is 17.0 Å². The number of carbonyl (C=O) groups is 1. The SMILES string of the molecule is CSCCN(C)[C@H]1CCCN(c2ccc(C#N)cc2)C1=O. The summed E-state index contributed by atoms with van der Waals surface area (Å²) in [7, 11) is 2.03. The van der Waals surface area contributed by atoms with Crippen molar-refractivity contribution in [1.82, 2.24) is 4.90 Å². The number of rotatable bonds is 5. The van der Waals surface area contributed by atoms with Crippen molar-refractivity contribution >= 4 is 23.4 Å². The highest BCUT2D eigenvalue weighted by atomic mass is 32.2. The van der Waals surface area contributed by atoms with Crippen LogP contribution in [0.5, 0.6) is 0 Å². The first-order valence-corrected chi connectivity index (χ1v) is 8.57. The molecule has 0 radical (unpaired) electrons. The summed E-state index contributed by atoms with van der Waals surface area (Å²) < 4.78 is 0. The average Bonchev–Trinajstić information content (AvgIpc) is 2.53. The van der Waals surface area contributed by atoms with Gasteiger partial charge in [0.2, 0.25) is 5.91 Å². The molecule has 1 aromatic carbocycles. The van der Waals surface area contributed by atoms with E-state index in [1.165, 1.54) is 0 Å². The molecule has 1 aliphatic rings. The van der Waals surface area contributed by atoms with Crippen molar-refractivity contribution in [3.05, 3.63) is 29.8 Å². The fourth-order valence-corrected chi connectivity index (χ4v) is 3.10. The Hall–Kier alpha value is -1.51. The molecule has 1 aromatic rings. The van der Waals surface area contributed by atoms with E-state index in [4.69, 9.17) is 5.26 Å². The van der Waals surface area contributed by atoms with Crippen LogP contribution in [0.4, 0.5) is 5.69 Å². The second-order valence-corrected chi connectivity index (χ2v) is 6.27. The molecule has 0 spiro atoms. The summed E-state index contributed by atoms with van der Waals surface area (Å²) in [4.78, 5) is 16.7. The number of hydrogen-bond acceptors (Lipinski definition) is 4. The van der Waals surface area contributed by atoms with Crippen LogP contribution in [0.3, 0.4) is 0 Å². The van der Waals surface area contributed by atoms with Crippen molar-refractivity contribution in [2.24, 2.45) is 0 Å². The minimum absolute atomic E-state index is 0.0263. The van der Waals surface area contributed by atoms with Crippen molar-refractivity contribution in [3.63, 3.8) is 0 Å². The molecular weight excluding hydrogens is 282 g/mol. The Morgan fingerprint density at radius 2 is 2.14 bits per heavy atom. The van der Waals surface area contributed by atoms with E-state index in [9.17, 15) is 4.79 Å². The predicted octanol–water partition coefficient (Wildman–Crippen LogP) is 2.35. The number of amides is 1. The number of hydrogen-bond donors (Lipinski definition) is 0. The third-order valence-corrected chi connectivity index (χ3v) is 4.49. The Labute approximate surface area is 130 Å². The summed E-state index contributed by atoms with van der Waals surface area (Å²) in [6.07, 6.45) is 4.02. The highest BCUT2D eigenvalue weighted by Gasteiger charge is 2.32. The Bertz CT molecular complexity index is 523. The van der Waals surface area contributed by atoms with Crippen LogP contribution in [0.1, 0.15) is 18.4 Å². The first-order valence-electron chi connectivity index (χ1n) is 7.18. The number of nitrogens with zero attached hydrogens (tertiary/aromatic N) is 3. The van der Waals surface area contributed by atoms with Crippen LogP contribution in [0.15, 0.2) is 24.3 Å². The van der Waals surface area contributed by atoms with Gasteiger partial charge in [0.25, 0.3) is 0 Å². The summed E-state index contributed by atoms with van der Waals surface area (Å²) in [6, 6.07) is 9.34. The van der Waals surface area contributed by atoms with Gasteiger partial charge in [0.05, 0.1) is 17.7 Å². The van der Waals surface area contributed by atoms with Gasteiger partial charge in [-0.05, 0) is 50.4 Å². The largest absolute Gasteiger partial charge is 0.311 e. The smallest absolute Gasteiger partial charge is 0.244 e. The Morgan fingerprint density at radius 1 is 1.43 bits per heavy atom. The molecule has 0 aromatic heterocycles. The van der Waals surface area contributed by atoms with E-state index in [-0.39, 0.29) is 11.9 Å². The summed E-state index contributed by atoms with van der Waals surface area (Å²) in [5.74, 6) is 1.21. The van der Waals surface area contributed by atoms with Gasteiger partial charge in [-0.3, -0.25) is 9.69 Å². The third-order valence-electron chi connectivity index (χ3n) is 3.90. The number of nitriles is 1. The quantitative estimate of drug-likeness (QED) is 0.838. The Morgan fingerprint density at radius 3 is 2.76 bits per heavy atom. The van der Waals surface area contributed by atoms with Gasteiger partial charge < -0.3 is 4.90 Å². The summed E-state index contributed by atoms with van der Waals surface area (Å²) in [5.41, 5.74) is 1.51. The first kappa shape index (κ1) is 15.9. The molecule has 1 aliphatic heterocycles. The second-order valence-electron chi connectivity index (χ2n) is 5.28. The van der Waals surface area contributed by atoms with Crippen LogP contribution >= 0.6 is 11.8 Å². The van der Waals surface area contributed by atoms with Gasteiger partial charge in [0, 0.05) is 24.5 Å². The normalized spacial score (nSPS) is 18.9. The summed E-state index contributed by atoms with van der Waals surface area (Å²) in [5, 5.41) is 8.85. The minimum Gasteiger partial charge on any atom is -0.311 e. The fourth-order valence-electron chi connectivity index (χ4n) is 2.63. The van der Waals surface area contributed by atoms with E-state index >= 15 is 0 Å². The van der Waals surface area contributed by atoms with Crippen molar-refractivity contribution in [3.8, 4) is 6.07 Å². The topological polar surface area (TPSA) is 47.3 Å². The van der Waals surface area contributed by atoms with Crippen LogP contribution in [-0.4, -0.2) is 49.0 Å². The summed E-state index contributed by atoms with van der Waals surface area (Å²) >= 11 is 1.80. The van der Waals surface area contributed by atoms with E-state index < -0.39 is 0 Å². The molecule has 0 N–H and O–H groups in total. The van der Waals surface area contributed by atoms with E-state index in [0.717, 1.165) is 37.4 Å². The molecule has 0 aliphatic carbocycles. The Kier molecular flexibility index (Phi) is 5.66.